The molecular weight excluding hydrogens is 482 g/mol. The van der Waals surface area contributed by atoms with Crippen LogP contribution in [0.1, 0.15) is 54.7 Å². The van der Waals surface area contributed by atoms with Crippen molar-refractivity contribution in [3.8, 4) is 16.3 Å². The molecule has 0 aliphatic rings. The first-order chi connectivity index (χ1) is 16.6. The monoisotopic (exact) mass is 509 g/mol. The zero-order chi connectivity index (χ0) is 25.8. The second kappa shape index (κ2) is 11.2. The molecule has 10 heteroatoms. The van der Waals surface area contributed by atoms with E-state index in [1.807, 2.05) is 20.8 Å². The standard InChI is InChI=1S/C25H27F4N3O2S/c1-5-19(20(6-2)34-21-13-10-17(14-30-21)25(27,28)29)32(7-3)24(33)22-23(35-15(4)31-22)16-8-11-18(26)12-9-16/h8-14,19-20H,5-7H2,1-4H3. The number of benzene rings is 1. The number of amides is 1. The third-order valence-corrected chi connectivity index (χ3v) is 6.65. The lowest BCUT2D eigenvalue weighted by molar-refractivity contribution is -0.137. The van der Waals surface area contributed by atoms with Gasteiger partial charge in [-0.1, -0.05) is 26.0 Å². The van der Waals surface area contributed by atoms with Crippen molar-refractivity contribution >= 4 is 17.2 Å². The van der Waals surface area contributed by atoms with Crippen LogP contribution in [0, 0.1) is 12.7 Å². The van der Waals surface area contributed by atoms with E-state index in [0.717, 1.165) is 12.3 Å². The van der Waals surface area contributed by atoms with Crippen molar-refractivity contribution in [1.29, 1.82) is 0 Å². The van der Waals surface area contributed by atoms with E-state index >= 15 is 0 Å². The summed E-state index contributed by atoms with van der Waals surface area (Å²) in [6.45, 7) is 7.82. The number of thiazole rings is 1. The lowest BCUT2D eigenvalue weighted by atomic mass is 10.0. The minimum atomic E-state index is -4.49. The Morgan fingerprint density at radius 3 is 2.29 bits per heavy atom. The Balaban J connectivity index is 1.88. The zero-order valence-corrected chi connectivity index (χ0v) is 20.7. The van der Waals surface area contributed by atoms with Gasteiger partial charge in [-0.05, 0) is 50.5 Å². The number of carbonyl (C=O) groups is 1. The van der Waals surface area contributed by atoms with Crippen LogP contribution >= 0.6 is 11.3 Å². The molecule has 0 aliphatic heterocycles. The Labute approximate surface area is 205 Å². The Morgan fingerprint density at radius 1 is 1.09 bits per heavy atom. The average molecular weight is 510 g/mol. The molecule has 0 spiro atoms. The largest absolute Gasteiger partial charge is 0.472 e. The van der Waals surface area contributed by atoms with Gasteiger partial charge >= 0.3 is 6.18 Å². The molecule has 2 unspecified atom stereocenters. The summed E-state index contributed by atoms with van der Waals surface area (Å²) < 4.78 is 58.0. The van der Waals surface area contributed by atoms with Gasteiger partial charge in [0.2, 0.25) is 5.88 Å². The van der Waals surface area contributed by atoms with Crippen LogP contribution in [0.3, 0.4) is 0 Å². The molecule has 188 valence electrons. The number of aromatic nitrogens is 2. The molecule has 0 saturated carbocycles. The van der Waals surface area contributed by atoms with E-state index < -0.39 is 17.8 Å². The summed E-state index contributed by atoms with van der Waals surface area (Å²) in [4.78, 5) is 24.3. The van der Waals surface area contributed by atoms with Crippen molar-refractivity contribution in [1.82, 2.24) is 14.9 Å². The summed E-state index contributed by atoms with van der Waals surface area (Å²) in [5.41, 5.74) is 0.117. The lowest BCUT2D eigenvalue weighted by Gasteiger charge is -2.35. The van der Waals surface area contributed by atoms with E-state index in [9.17, 15) is 22.4 Å². The summed E-state index contributed by atoms with van der Waals surface area (Å²) in [5, 5.41) is 0.703. The number of hydrogen-bond donors (Lipinski definition) is 0. The molecule has 1 amide bonds. The Morgan fingerprint density at radius 2 is 1.77 bits per heavy atom. The number of likely N-dealkylation sites (N-methyl/N-ethyl adjacent to an activating group) is 1. The molecule has 0 bridgehead atoms. The summed E-state index contributed by atoms with van der Waals surface area (Å²) >= 11 is 1.35. The highest BCUT2D eigenvalue weighted by molar-refractivity contribution is 7.15. The summed E-state index contributed by atoms with van der Waals surface area (Å²) in [6.07, 6.45) is -3.19. The van der Waals surface area contributed by atoms with Gasteiger partial charge in [-0.3, -0.25) is 4.79 Å². The van der Waals surface area contributed by atoms with Crippen LogP contribution in [-0.2, 0) is 6.18 Å². The van der Waals surface area contributed by atoms with Crippen molar-refractivity contribution in [2.24, 2.45) is 0 Å². The van der Waals surface area contributed by atoms with E-state index in [4.69, 9.17) is 4.74 Å². The second-order valence-electron chi connectivity index (χ2n) is 7.93. The SMILES string of the molecule is CCC(Oc1ccc(C(F)(F)F)cn1)C(CC)N(CC)C(=O)c1nc(C)sc1-c1ccc(F)cc1. The molecule has 0 fully saturated rings. The molecule has 2 heterocycles. The van der Waals surface area contributed by atoms with Crippen LogP contribution < -0.4 is 4.74 Å². The Bertz CT molecular complexity index is 1130. The fourth-order valence-corrected chi connectivity index (χ4v) is 4.84. The molecule has 0 N–H and O–H groups in total. The van der Waals surface area contributed by atoms with Gasteiger partial charge in [-0.15, -0.1) is 11.3 Å². The van der Waals surface area contributed by atoms with Crippen LogP contribution in [0.4, 0.5) is 17.6 Å². The number of nitrogens with zero attached hydrogens (tertiary/aromatic N) is 3. The normalized spacial score (nSPS) is 13.4. The smallest absolute Gasteiger partial charge is 0.417 e. The highest BCUT2D eigenvalue weighted by Gasteiger charge is 2.34. The molecule has 0 aliphatic carbocycles. The molecule has 0 saturated heterocycles. The maximum absolute atomic E-state index is 13.7. The van der Waals surface area contributed by atoms with Crippen LogP contribution in [0.5, 0.6) is 5.88 Å². The minimum absolute atomic E-state index is 0.0586. The van der Waals surface area contributed by atoms with E-state index in [-0.39, 0.29) is 29.3 Å². The first-order valence-electron chi connectivity index (χ1n) is 11.3. The molecular formula is C25H27F4N3O2S. The fraction of sp³-hybridized carbons (Fsp3) is 0.400. The summed E-state index contributed by atoms with van der Waals surface area (Å²) in [5.74, 6) is -0.599. The second-order valence-corrected chi connectivity index (χ2v) is 9.13. The van der Waals surface area contributed by atoms with Crippen LogP contribution in [0.2, 0.25) is 0 Å². The van der Waals surface area contributed by atoms with Crippen molar-refractivity contribution in [2.45, 2.75) is 58.9 Å². The average Bonchev–Trinajstić information content (AvgIpc) is 3.22. The molecule has 2 atom stereocenters. The maximum Gasteiger partial charge on any atom is 0.417 e. The number of rotatable bonds is 9. The van der Waals surface area contributed by atoms with Gasteiger partial charge in [0.1, 0.15) is 17.6 Å². The fourth-order valence-electron chi connectivity index (χ4n) is 3.92. The van der Waals surface area contributed by atoms with Gasteiger partial charge in [0.15, 0.2) is 0 Å². The van der Waals surface area contributed by atoms with Gasteiger partial charge in [-0.2, -0.15) is 13.2 Å². The van der Waals surface area contributed by atoms with E-state index in [1.165, 1.54) is 29.5 Å². The van der Waals surface area contributed by atoms with Crippen LogP contribution in [-0.4, -0.2) is 39.5 Å². The Hall–Kier alpha value is -3.01. The topological polar surface area (TPSA) is 55.3 Å². The number of alkyl halides is 3. The number of ether oxygens (including phenoxy) is 1. The third kappa shape index (κ3) is 6.17. The molecule has 3 aromatic rings. The van der Waals surface area contributed by atoms with E-state index in [0.29, 0.717) is 34.8 Å². The van der Waals surface area contributed by atoms with Crippen molar-refractivity contribution in [3.05, 3.63) is 64.7 Å². The van der Waals surface area contributed by atoms with Gasteiger partial charge in [-0.25, -0.2) is 14.4 Å². The summed E-state index contributed by atoms with van der Waals surface area (Å²) in [6, 6.07) is 7.64. The van der Waals surface area contributed by atoms with E-state index in [1.54, 1.807) is 24.0 Å². The first kappa shape index (κ1) is 26.6. The van der Waals surface area contributed by atoms with Gasteiger partial charge in [0.25, 0.3) is 5.91 Å². The van der Waals surface area contributed by atoms with Crippen molar-refractivity contribution in [3.63, 3.8) is 0 Å². The van der Waals surface area contributed by atoms with Gasteiger partial charge < -0.3 is 9.64 Å². The van der Waals surface area contributed by atoms with Gasteiger partial charge in [0.05, 0.1) is 21.5 Å². The molecule has 1 aromatic carbocycles. The number of aryl methyl sites for hydroxylation is 1. The maximum atomic E-state index is 13.7. The number of pyridine rings is 1. The third-order valence-electron chi connectivity index (χ3n) is 5.63. The van der Waals surface area contributed by atoms with Crippen molar-refractivity contribution < 1.29 is 27.1 Å². The predicted molar refractivity (Wildman–Crippen MR) is 127 cm³/mol. The highest BCUT2D eigenvalue weighted by atomic mass is 32.1. The minimum Gasteiger partial charge on any atom is -0.472 e. The number of hydrogen-bond acceptors (Lipinski definition) is 5. The van der Waals surface area contributed by atoms with Gasteiger partial charge in [0, 0.05) is 18.8 Å². The van der Waals surface area contributed by atoms with Crippen LogP contribution in [0.25, 0.3) is 10.4 Å². The summed E-state index contributed by atoms with van der Waals surface area (Å²) in [7, 11) is 0. The van der Waals surface area contributed by atoms with Crippen LogP contribution in [0.15, 0.2) is 42.6 Å². The molecule has 3 rings (SSSR count). The molecule has 0 radical (unpaired) electrons. The Kier molecular flexibility index (Phi) is 8.47. The number of carbonyl (C=O) groups excluding carboxylic acids is 1. The number of halogens is 4. The zero-order valence-electron chi connectivity index (χ0n) is 19.9. The molecule has 2 aromatic heterocycles. The quantitative estimate of drug-likeness (QED) is 0.299. The molecule has 5 nitrogen and oxygen atoms in total. The molecule has 35 heavy (non-hydrogen) atoms. The predicted octanol–water partition coefficient (Wildman–Crippen LogP) is 6.77. The first-order valence-corrected chi connectivity index (χ1v) is 12.1. The lowest BCUT2D eigenvalue weighted by Crippen LogP contribution is -2.48. The van der Waals surface area contributed by atoms with E-state index in [2.05, 4.69) is 9.97 Å². The highest BCUT2D eigenvalue weighted by Crippen LogP contribution is 2.33. The van der Waals surface area contributed by atoms with Crippen molar-refractivity contribution in [2.75, 3.05) is 6.54 Å².